The molecular formula is C12H9F3N2O2S. The van der Waals surface area contributed by atoms with E-state index in [-0.39, 0.29) is 9.75 Å². The zero-order chi connectivity index (χ0) is 15.0. The standard InChI is InChI=1S/C12H9F3N2O2S/c1-5-10(20-12(19)17(5)2)11(18)16-7-4-3-6(13)8(14)9(7)15/h3-4H,1-2H3,(H,16,18). The molecule has 1 amide bonds. The summed E-state index contributed by atoms with van der Waals surface area (Å²) in [6, 6.07) is 1.61. The van der Waals surface area contributed by atoms with E-state index in [2.05, 4.69) is 5.32 Å². The van der Waals surface area contributed by atoms with Crippen LogP contribution in [0.1, 0.15) is 15.4 Å². The van der Waals surface area contributed by atoms with Gasteiger partial charge in [-0.3, -0.25) is 9.59 Å². The van der Waals surface area contributed by atoms with E-state index in [4.69, 9.17) is 0 Å². The Morgan fingerprint density at radius 3 is 2.45 bits per heavy atom. The van der Waals surface area contributed by atoms with Crippen molar-refractivity contribution >= 4 is 22.9 Å². The third-order valence-corrected chi connectivity index (χ3v) is 3.92. The van der Waals surface area contributed by atoms with Crippen molar-refractivity contribution < 1.29 is 18.0 Å². The number of nitrogens with zero attached hydrogens (tertiary/aromatic N) is 1. The summed E-state index contributed by atoms with van der Waals surface area (Å²) in [5, 5.41) is 2.11. The number of nitrogens with one attached hydrogen (secondary N) is 1. The van der Waals surface area contributed by atoms with Crippen LogP contribution in [0.4, 0.5) is 18.9 Å². The highest BCUT2D eigenvalue weighted by atomic mass is 32.1. The number of aromatic nitrogens is 1. The number of carbonyl (C=O) groups excluding carboxylic acids is 1. The monoisotopic (exact) mass is 302 g/mol. The second-order valence-corrected chi connectivity index (χ2v) is 4.98. The SMILES string of the molecule is Cc1c(C(=O)Nc2ccc(F)c(F)c2F)sc(=O)n1C. The molecule has 0 spiro atoms. The quantitative estimate of drug-likeness (QED) is 0.866. The molecule has 1 aromatic carbocycles. The number of benzene rings is 1. The molecule has 1 heterocycles. The molecule has 2 rings (SSSR count). The summed E-state index contributed by atoms with van der Waals surface area (Å²) in [5.41, 5.74) is -0.0858. The lowest BCUT2D eigenvalue weighted by atomic mass is 10.2. The van der Waals surface area contributed by atoms with Gasteiger partial charge in [0, 0.05) is 12.7 Å². The van der Waals surface area contributed by atoms with E-state index in [0.29, 0.717) is 23.1 Å². The first kappa shape index (κ1) is 14.3. The Balaban J connectivity index is 2.35. The Hall–Kier alpha value is -2.09. The Morgan fingerprint density at radius 2 is 1.90 bits per heavy atom. The number of anilines is 1. The summed E-state index contributed by atoms with van der Waals surface area (Å²) in [4.78, 5) is 23.1. The molecule has 0 unspecified atom stereocenters. The topological polar surface area (TPSA) is 51.1 Å². The summed E-state index contributed by atoms with van der Waals surface area (Å²) in [6.45, 7) is 1.55. The molecule has 2 aromatic rings. The third kappa shape index (κ3) is 2.34. The fourth-order valence-electron chi connectivity index (χ4n) is 1.53. The molecule has 0 fully saturated rings. The molecule has 0 radical (unpaired) electrons. The summed E-state index contributed by atoms with van der Waals surface area (Å²) in [6.07, 6.45) is 0. The lowest BCUT2D eigenvalue weighted by molar-refractivity contribution is 0.102. The summed E-state index contributed by atoms with van der Waals surface area (Å²) in [5.74, 6) is -5.25. The number of hydrogen-bond acceptors (Lipinski definition) is 3. The van der Waals surface area contributed by atoms with E-state index in [1.807, 2.05) is 0 Å². The molecule has 20 heavy (non-hydrogen) atoms. The molecular weight excluding hydrogens is 293 g/mol. The zero-order valence-corrected chi connectivity index (χ0v) is 11.3. The van der Waals surface area contributed by atoms with Gasteiger partial charge in [0.05, 0.1) is 5.69 Å². The number of amides is 1. The molecule has 1 aromatic heterocycles. The molecule has 106 valence electrons. The van der Waals surface area contributed by atoms with Gasteiger partial charge in [0.1, 0.15) is 4.88 Å². The average Bonchev–Trinajstić information content (AvgIpc) is 2.67. The highest BCUT2D eigenvalue weighted by Gasteiger charge is 2.19. The molecule has 0 aliphatic heterocycles. The van der Waals surface area contributed by atoms with Crippen molar-refractivity contribution in [3.8, 4) is 0 Å². The van der Waals surface area contributed by atoms with E-state index >= 15 is 0 Å². The van der Waals surface area contributed by atoms with Gasteiger partial charge in [0.15, 0.2) is 17.5 Å². The minimum Gasteiger partial charge on any atom is -0.319 e. The minimum atomic E-state index is -1.67. The Morgan fingerprint density at radius 1 is 1.25 bits per heavy atom. The van der Waals surface area contributed by atoms with Crippen LogP contribution in [0.2, 0.25) is 0 Å². The Labute approximate surface area is 115 Å². The van der Waals surface area contributed by atoms with E-state index in [1.165, 1.54) is 11.6 Å². The summed E-state index contributed by atoms with van der Waals surface area (Å²) >= 11 is 0.687. The third-order valence-electron chi connectivity index (χ3n) is 2.78. The highest BCUT2D eigenvalue weighted by molar-refractivity contribution is 7.11. The predicted octanol–water partition coefficient (Wildman–Crippen LogP) is 2.42. The zero-order valence-electron chi connectivity index (χ0n) is 10.5. The molecule has 8 heteroatoms. The normalized spacial score (nSPS) is 10.7. The van der Waals surface area contributed by atoms with Crippen molar-refractivity contribution in [2.75, 3.05) is 5.32 Å². The number of thiazole rings is 1. The maximum absolute atomic E-state index is 13.4. The van der Waals surface area contributed by atoms with Gasteiger partial charge in [-0.2, -0.15) is 0 Å². The number of halogens is 3. The Bertz CT molecular complexity index is 752. The first-order valence-corrected chi connectivity index (χ1v) is 6.26. The van der Waals surface area contributed by atoms with Crippen molar-refractivity contribution in [3.05, 3.63) is 49.8 Å². The summed E-state index contributed by atoms with van der Waals surface area (Å²) < 4.78 is 40.5. The first-order chi connectivity index (χ1) is 9.32. The second-order valence-electron chi connectivity index (χ2n) is 4.02. The van der Waals surface area contributed by atoms with Crippen LogP contribution in [-0.4, -0.2) is 10.5 Å². The second kappa shape index (κ2) is 5.12. The largest absolute Gasteiger partial charge is 0.319 e. The van der Waals surface area contributed by atoms with Crippen molar-refractivity contribution in [1.82, 2.24) is 4.57 Å². The molecule has 1 N–H and O–H groups in total. The fraction of sp³-hybridized carbons (Fsp3) is 0.167. The van der Waals surface area contributed by atoms with Crippen LogP contribution in [0.5, 0.6) is 0 Å². The maximum Gasteiger partial charge on any atom is 0.307 e. The summed E-state index contributed by atoms with van der Waals surface area (Å²) in [7, 11) is 1.49. The number of rotatable bonds is 2. The molecule has 4 nitrogen and oxygen atoms in total. The van der Waals surface area contributed by atoms with E-state index in [1.54, 1.807) is 6.92 Å². The number of carbonyl (C=O) groups is 1. The van der Waals surface area contributed by atoms with E-state index in [0.717, 1.165) is 6.07 Å². The van der Waals surface area contributed by atoms with Crippen LogP contribution in [0, 0.1) is 24.4 Å². The van der Waals surface area contributed by atoms with Crippen LogP contribution >= 0.6 is 11.3 Å². The van der Waals surface area contributed by atoms with Crippen LogP contribution in [0.3, 0.4) is 0 Å². The van der Waals surface area contributed by atoms with E-state index < -0.39 is 29.0 Å². The first-order valence-electron chi connectivity index (χ1n) is 5.44. The molecule has 0 saturated carbocycles. The van der Waals surface area contributed by atoms with Crippen molar-refractivity contribution in [1.29, 1.82) is 0 Å². The van der Waals surface area contributed by atoms with Crippen LogP contribution in [-0.2, 0) is 7.05 Å². The molecule has 0 saturated heterocycles. The van der Waals surface area contributed by atoms with Gasteiger partial charge in [0.2, 0.25) is 0 Å². The van der Waals surface area contributed by atoms with Crippen LogP contribution < -0.4 is 10.2 Å². The minimum absolute atomic E-state index is 0.0848. The van der Waals surface area contributed by atoms with Gasteiger partial charge in [-0.05, 0) is 19.1 Å². The molecule has 0 atom stereocenters. The van der Waals surface area contributed by atoms with Crippen LogP contribution in [0.25, 0.3) is 0 Å². The van der Waals surface area contributed by atoms with E-state index in [9.17, 15) is 22.8 Å². The molecule has 0 aliphatic carbocycles. The van der Waals surface area contributed by atoms with Gasteiger partial charge >= 0.3 is 4.87 Å². The molecule has 0 aliphatic rings. The maximum atomic E-state index is 13.4. The van der Waals surface area contributed by atoms with Crippen molar-refractivity contribution in [3.63, 3.8) is 0 Å². The van der Waals surface area contributed by atoms with Crippen molar-refractivity contribution in [2.24, 2.45) is 7.05 Å². The van der Waals surface area contributed by atoms with Gasteiger partial charge in [-0.15, -0.1) is 0 Å². The number of hydrogen-bond donors (Lipinski definition) is 1. The highest BCUT2D eigenvalue weighted by Crippen LogP contribution is 2.21. The Kier molecular flexibility index (Phi) is 3.67. The van der Waals surface area contributed by atoms with Gasteiger partial charge < -0.3 is 9.88 Å². The molecule has 0 bridgehead atoms. The van der Waals surface area contributed by atoms with Crippen molar-refractivity contribution in [2.45, 2.75) is 6.92 Å². The lowest BCUT2D eigenvalue weighted by Crippen LogP contribution is -2.14. The van der Waals surface area contributed by atoms with Gasteiger partial charge in [-0.25, -0.2) is 13.2 Å². The average molecular weight is 302 g/mol. The smallest absolute Gasteiger partial charge is 0.307 e. The van der Waals surface area contributed by atoms with Gasteiger partial charge in [0.25, 0.3) is 5.91 Å². The fourth-order valence-corrected chi connectivity index (χ4v) is 2.41. The predicted molar refractivity (Wildman–Crippen MR) is 68.6 cm³/mol. The van der Waals surface area contributed by atoms with Crippen LogP contribution in [0.15, 0.2) is 16.9 Å². The lowest BCUT2D eigenvalue weighted by Gasteiger charge is -2.06. The van der Waals surface area contributed by atoms with Gasteiger partial charge in [-0.1, -0.05) is 11.3 Å².